The minimum atomic E-state index is -0.440. The van der Waals surface area contributed by atoms with E-state index in [4.69, 9.17) is 0 Å². The van der Waals surface area contributed by atoms with E-state index in [1.807, 2.05) is 12.1 Å². The van der Waals surface area contributed by atoms with Crippen LogP contribution in [0.2, 0.25) is 0 Å². The van der Waals surface area contributed by atoms with Crippen molar-refractivity contribution in [1.29, 1.82) is 0 Å². The van der Waals surface area contributed by atoms with Gasteiger partial charge >= 0.3 is 0 Å². The fraction of sp³-hybridized carbons (Fsp3) is 0.235. The molecule has 2 aromatic carbocycles. The van der Waals surface area contributed by atoms with Gasteiger partial charge in [0.25, 0.3) is 0 Å². The van der Waals surface area contributed by atoms with Crippen LogP contribution in [0.1, 0.15) is 25.0 Å². The van der Waals surface area contributed by atoms with Crippen LogP contribution in [0.5, 0.6) is 0 Å². The van der Waals surface area contributed by atoms with Crippen LogP contribution in [-0.4, -0.2) is 5.91 Å². The number of halogens is 1. The number of carbonyl (C=O) groups excluding carboxylic acids is 1. The lowest BCUT2D eigenvalue weighted by molar-refractivity contribution is -0.114. The Bertz CT molecular complexity index is 640. The molecule has 2 aromatic rings. The minimum absolute atomic E-state index is 0.191. The second-order valence-corrected chi connectivity index (χ2v) is 4.85. The number of hydrogen-bond donors (Lipinski definition) is 2. The number of carbonyl (C=O) groups is 1. The predicted molar refractivity (Wildman–Crippen MR) is 83.9 cm³/mol. The molecule has 0 bridgehead atoms. The number of nitrogens with one attached hydrogen (secondary N) is 2. The van der Waals surface area contributed by atoms with Gasteiger partial charge in [-0.1, -0.05) is 31.2 Å². The Kier molecular flexibility index (Phi) is 4.93. The van der Waals surface area contributed by atoms with Crippen LogP contribution in [0.15, 0.2) is 42.5 Å². The van der Waals surface area contributed by atoms with Crippen molar-refractivity contribution in [3.63, 3.8) is 0 Å². The third-order valence-corrected chi connectivity index (χ3v) is 3.26. The fourth-order valence-electron chi connectivity index (χ4n) is 2.19. The first-order valence-corrected chi connectivity index (χ1v) is 6.98. The quantitative estimate of drug-likeness (QED) is 0.873. The summed E-state index contributed by atoms with van der Waals surface area (Å²) in [4.78, 5) is 11.0. The van der Waals surface area contributed by atoms with Crippen molar-refractivity contribution in [2.45, 2.75) is 26.8 Å². The lowest BCUT2D eigenvalue weighted by atomic mass is 10.1. The van der Waals surface area contributed by atoms with E-state index in [1.165, 1.54) is 24.1 Å². The average Bonchev–Trinajstić information content (AvgIpc) is 2.48. The summed E-state index contributed by atoms with van der Waals surface area (Å²) in [5.41, 5.74) is 3.46. The SMILES string of the molecule is CCc1ccccc1CNc1ccc(F)c(NC(C)=O)c1. The van der Waals surface area contributed by atoms with Crippen molar-refractivity contribution in [3.8, 4) is 0 Å². The number of benzene rings is 2. The second kappa shape index (κ2) is 6.88. The van der Waals surface area contributed by atoms with Gasteiger partial charge in [0.2, 0.25) is 5.91 Å². The van der Waals surface area contributed by atoms with Gasteiger partial charge in [0, 0.05) is 19.2 Å². The van der Waals surface area contributed by atoms with Gasteiger partial charge in [-0.3, -0.25) is 4.79 Å². The fourth-order valence-corrected chi connectivity index (χ4v) is 2.19. The number of amides is 1. The molecule has 0 radical (unpaired) electrons. The molecule has 0 unspecified atom stereocenters. The van der Waals surface area contributed by atoms with E-state index >= 15 is 0 Å². The van der Waals surface area contributed by atoms with Gasteiger partial charge in [0.15, 0.2) is 0 Å². The molecule has 0 heterocycles. The van der Waals surface area contributed by atoms with Gasteiger partial charge in [0.05, 0.1) is 5.69 Å². The van der Waals surface area contributed by atoms with Crippen molar-refractivity contribution in [2.24, 2.45) is 0 Å². The molecule has 0 saturated carbocycles. The van der Waals surface area contributed by atoms with Crippen LogP contribution in [0.3, 0.4) is 0 Å². The second-order valence-electron chi connectivity index (χ2n) is 4.85. The minimum Gasteiger partial charge on any atom is -0.381 e. The molecule has 0 aliphatic heterocycles. The molecule has 0 atom stereocenters. The summed E-state index contributed by atoms with van der Waals surface area (Å²) >= 11 is 0. The number of aryl methyl sites for hydroxylation is 1. The highest BCUT2D eigenvalue weighted by Crippen LogP contribution is 2.20. The zero-order valence-electron chi connectivity index (χ0n) is 12.2. The Morgan fingerprint density at radius 3 is 2.52 bits per heavy atom. The molecule has 21 heavy (non-hydrogen) atoms. The monoisotopic (exact) mass is 286 g/mol. The highest BCUT2D eigenvalue weighted by atomic mass is 19.1. The topological polar surface area (TPSA) is 41.1 Å². The Balaban J connectivity index is 2.11. The standard InChI is InChI=1S/C17H19FN2O/c1-3-13-6-4-5-7-14(13)11-19-15-8-9-16(18)17(10-15)20-12(2)21/h4-10,19H,3,11H2,1-2H3,(H,20,21). The molecular formula is C17H19FN2O. The molecule has 0 fully saturated rings. The van der Waals surface area contributed by atoms with Crippen LogP contribution in [0, 0.1) is 5.82 Å². The molecule has 0 aliphatic carbocycles. The van der Waals surface area contributed by atoms with Crippen LogP contribution in [0.25, 0.3) is 0 Å². The highest BCUT2D eigenvalue weighted by molar-refractivity contribution is 5.89. The molecule has 0 aromatic heterocycles. The maximum Gasteiger partial charge on any atom is 0.221 e. The van der Waals surface area contributed by atoms with Crippen LogP contribution >= 0.6 is 0 Å². The van der Waals surface area contributed by atoms with Gasteiger partial charge in [-0.05, 0) is 35.7 Å². The summed E-state index contributed by atoms with van der Waals surface area (Å²) in [6, 6.07) is 12.8. The maximum absolute atomic E-state index is 13.6. The zero-order chi connectivity index (χ0) is 15.2. The molecule has 1 amide bonds. The van der Waals surface area contributed by atoms with Gasteiger partial charge < -0.3 is 10.6 Å². The van der Waals surface area contributed by atoms with Gasteiger partial charge in [-0.2, -0.15) is 0 Å². The Labute approximate surface area is 124 Å². The van der Waals surface area contributed by atoms with Crippen LogP contribution < -0.4 is 10.6 Å². The van der Waals surface area contributed by atoms with Crippen LogP contribution in [0.4, 0.5) is 15.8 Å². The van der Waals surface area contributed by atoms with E-state index in [2.05, 4.69) is 29.7 Å². The summed E-state index contributed by atoms with van der Waals surface area (Å²) in [7, 11) is 0. The van der Waals surface area contributed by atoms with Gasteiger partial charge in [-0.25, -0.2) is 4.39 Å². The third-order valence-electron chi connectivity index (χ3n) is 3.26. The first kappa shape index (κ1) is 15.0. The van der Waals surface area contributed by atoms with Gasteiger partial charge in [0.1, 0.15) is 5.82 Å². The molecule has 2 rings (SSSR count). The Morgan fingerprint density at radius 2 is 1.86 bits per heavy atom. The van der Waals surface area contributed by atoms with E-state index < -0.39 is 5.82 Å². The van der Waals surface area contributed by atoms with Crippen LogP contribution in [-0.2, 0) is 17.8 Å². The largest absolute Gasteiger partial charge is 0.381 e. The van der Waals surface area contributed by atoms with Crippen molar-refractivity contribution in [3.05, 3.63) is 59.4 Å². The van der Waals surface area contributed by atoms with Crippen molar-refractivity contribution < 1.29 is 9.18 Å². The van der Waals surface area contributed by atoms with E-state index in [9.17, 15) is 9.18 Å². The lowest BCUT2D eigenvalue weighted by Gasteiger charge is -2.12. The molecule has 0 saturated heterocycles. The zero-order valence-corrected chi connectivity index (χ0v) is 12.2. The average molecular weight is 286 g/mol. The van der Waals surface area contributed by atoms with Crippen molar-refractivity contribution >= 4 is 17.3 Å². The summed E-state index contributed by atoms with van der Waals surface area (Å²) in [6.07, 6.45) is 0.971. The van der Waals surface area contributed by atoms with Crippen molar-refractivity contribution in [2.75, 3.05) is 10.6 Å². The predicted octanol–water partition coefficient (Wildman–Crippen LogP) is 3.96. The smallest absolute Gasteiger partial charge is 0.221 e. The number of hydrogen-bond acceptors (Lipinski definition) is 2. The number of rotatable bonds is 5. The third kappa shape index (κ3) is 4.05. The molecule has 2 N–H and O–H groups in total. The molecule has 0 aliphatic rings. The summed E-state index contributed by atoms with van der Waals surface area (Å²) in [6.45, 7) is 4.14. The molecular weight excluding hydrogens is 267 g/mol. The first-order chi connectivity index (χ1) is 10.1. The Morgan fingerprint density at radius 1 is 1.14 bits per heavy atom. The summed E-state index contributed by atoms with van der Waals surface area (Å²) in [5, 5.41) is 5.74. The molecule has 110 valence electrons. The molecule has 0 spiro atoms. The molecule has 4 heteroatoms. The van der Waals surface area contributed by atoms with Gasteiger partial charge in [-0.15, -0.1) is 0 Å². The van der Waals surface area contributed by atoms with Crippen molar-refractivity contribution in [1.82, 2.24) is 0 Å². The summed E-state index contributed by atoms with van der Waals surface area (Å²) < 4.78 is 13.6. The first-order valence-electron chi connectivity index (χ1n) is 6.98. The van der Waals surface area contributed by atoms with E-state index in [1.54, 1.807) is 12.1 Å². The van der Waals surface area contributed by atoms with E-state index in [0.717, 1.165) is 12.1 Å². The maximum atomic E-state index is 13.6. The highest BCUT2D eigenvalue weighted by Gasteiger charge is 2.06. The Hall–Kier alpha value is -2.36. The van der Waals surface area contributed by atoms with E-state index in [-0.39, 0.29) is 11.6 Å². The number of anilines is 2. The lowest BCUT2D eigenvalue weighted by Crippen LogP contribution is -2.08. The molecule has 3 nitrogen and oxygen atoms in total. The summed E-state index contributed by atoms with van der Waals surface area (Å²) in [5.74, 6) is -0.730. The van der Waals surface area contributed by atoms with E-state index in [0.29, 0.717) is 6.54 Å². The normalized spacial score (nSPS) is 10.2.